The summed E-state index contributed by atoms with van der Waals surface area (Å²) in [5, 5.41) is 19.1. The molecule has 2 N–H and O–H groups in total. The highest BCUT2D eigenvalue weighted by atomic mass is 32.2. The van der Waals surface area contributed by atoms with Gasteiger partial charge in [0.1, 0.15) is 6.04 Å². The summed E-state index contributed by atoms with van der Waals surface area (Å²) >= 11 is 1.17. The topological polar surface area (TPSA) is 90.2 Å². The van der Waals surface area contributed by atoms with Crippen molar-refractivity contribution in [3.8, 4) is 6.07 Å². The molecule has 1 amide bonds. The molecule has 0 aliphatic carbocycles. The second kappa shape index (κ2) is 6.31. The molecule has 0 fully saturated rings. The van der Waals surface area contributed by atoms with E-state index in [4.69, 9.17) is 10.4 Å². The molecule has 6 heteroatoms. The summed E-state index contributed by atoms with van der Waals surface area (Å²) in [4.78, 5) is 21.1. The first-order valence-corrected chi connectivity index (χ1v) is 4.68. The fraction of sp³-hybridized carbons (Fsp3) is 0.571. The van der Waals surface area contributed by atoms with Crippen molar-refractivity contribution in [3.05, 3.63) is 0 Å². The number of aliphatic carboxylic acids is 1. The first-order chi connectivity index (χ1) is 6.07. The Hall–Kier alpha value is -1.22. The number of carboxylic acid groups (broad SMARTS) is 1. The van der Waals surface area contributed by atoms with Gasteiger partial charge in [-0.2, -0.15) is 5.26 Å². The quantitative estimate of drug-likeness (QED) is 0.604. The minimum atomic E-state index is -1.08. The van der Waals surface area contributed by atoms with E-state index < -0.39 is 12.0 Å². The van der Waals surface area contributed by atoms with E-state index >= 15 is 0 Å². The average molecular weight is 202 g/mol. The Balaban J connectivity index is 3.89. The van der Waals surface area contributed by atoms with Crippen LogP contribution in [0, 0.1) is 11.3 Å². The largest absolute Gasteiger partial charge is 0.480 e. The molecule has 5 nitrogen and oxygen atoms in total. The van der Waals surface area contributed by atoms with Gasteiger partial charge in [0.15, 0.2) is 0 Å². The molecule has 0 saturated heterocycles. The van der Waals surface area contributed by atoms with Crippen LogP contribution in [-0.2, 0) is 9.59 Å². The van der Waals surface area contributed by atoms with Crippen LogP contribution in [0.1, 0.15) is 6.92 Å². The van der Waals surface area contributed by atoms with Crippen LogP contribution in [0.15, 0.2) is 0 Å². The fourth-order valence-corrected chi connectivity index (χ4v) is 1.31. The van der Waals surface area contributed by atoms with Crippen LogP contribution in [0.2, 0.25) is 0 Å². The van der Waals surface area contributed by atoms with E-state index in [0.717, 1.165) is 0 Å². The third kappa shape index (κ3) is 5.99. The SMILES string of the molecule is CC(=O)N[C@@H](CSCC#N)C(=O)O. The number of carbonyl (C=O) groups is 2. The molecule has 0 bridgehead atoms. The van der Waals surface area contributed by atoms with Gasteiger partial charge in [-0.3, -0.25) is 4.79 Å². The lowest BCUT2D eigenvalue weighted by molar-refractivity contribution is -0.140. The van der Waals surface area contributed by atoms with Crippen molar-refractivity contribution >= 4 is 23.6 Å². The van der Waals surface area contributed by atoms with Crippen LogP contribution in [0.5, 0.6) is 0 Å². The number of carboxylic acids is 1. The molecule has 0 aromatic heterocycles. The van der Waals surface area contributed by atoms with Gasteiger partial charge in [-0.15, -0.1) is 11.8 Å². The highest BCUT2D eigenvalue weighted by Crippen LogP contribution is 2.01. The molecule has 0 unspecified atom stereocenters. The Morgan fingerprint density at radius 3 is 2.69 bits per heavy atom. The summed E-state index contributed by atoms with van der Waals surface area (Å²) in [6.07, 6.45) is 0. The predicted molar refractivity (Wildman–Crippen MR) is 48.2 cm³/mol. The number of thioether (sulfide) groups is 1. The summed E-state index contributed by atoms with van der Waals surface area (Å²) in [5.74, 6) is -1.03. The van der Waals surface area contributed by atoms with E-state index in [1.54, 1.807) is 0 Å². The van der Waals surface area contributed by atoms with Crippen LogP contribution in [0.3, 0.4) is 0 Å². The molecular weight excluding hydrogens is 192 g/mol. The normalized spacial score (nSPS) is 11.4. The molecule has 0 aliphatic rings. The summed E-state index contributed by atoms with van der Waals surface area (Å²) < 4.78 is 0. The number of nitriles is 1. The number of rotatable bonds is 5. The lowest BCUT2D eigenvalue weighted by atomic mass is 10.3. The number of carbonyl (C=O) groups excluding carboxylic acids is 1. The number of nitrogens with one attached hydrogen (secondary N) is 1. The lowest BCUT2D eigenvalue weighted by Gasteiger charge is -2.11. The molecule has 0 aromatic rings. The summed E-state index contributed by atoms with van der Waals surface area (Å²) in [7, 11) is 0. The minimum Gasteiger partial charge on any atom is -0.480 e. The van der Waals surface area contributed by atoms with Crippen molar-refractivity contribution in [2.45, 2.75) is 13.0 Å². The van der Waals surface area contributed by atoms with Crippen LogP contribution < -0.4 is 5.32 Å². The average Bonchev–Trinajstić information content (AvgIpc) is 2.02. The van der Waals surface area contributed by atoms with Gasteiger partial charge in [0.25, 0.3) is 0 Å². The third-order valence-corrected chi connectivity index (χ3v) is 2.03. The Kier molecular flexibility index (Phi) is 5.72. The Labute approximate surface area is 80.1 Å². The highest BCUT2D eigenvalue weighted by Gasteiger charge is 2.17. The predicted octanol–water partition coefficient (Wildman–Crippen LogP) is -0.168. The van der Waals surface area contributed by atoms with Crippen LogP contribution >= 0.6 is 11.8 Å². The van der Waals surface area contributed by atoms with E-state index in [1.807, 2.05) is 6.07 Å². The number of hydrogen-bond acceptors (Lipinski definition) is 4. The number of amides is 1. The molecule has 0 aromatic carbocycles. The van der Waals surface area contributed by atoms with Gasteiger partial charge < -0.3 is 10.4 Å². The van der Waals surface area contributed by atoms with Crippen molar-refractivity contribution in [3.63, 3.8) is 0 Å². The molecule has 0 rings (SSSR count). The van der Waals surface area contributed by atoms with Crippen molar-refractivity contribution in [2.75, 3.05) is 11.5 Å². The maximum atomic E-state index is 10.5. The molecular formula is C7H10N2O3S. The molecule has 0 heterocycles. The Morgan fingerprint density at radius 1 is 1.69 bits per heavy atom. The monoisotopic (exact) mass is 202 g/mol. The number of nitrogens with zero attached hydrogens (tertiary/aromatic N) is 1. The van der Waals surface area contributed by atoms with E-state index in [9.17, 15) is 9.59 Å². The first kappa shape index (κ1) is 11.8. The second-order valence-corrected chi connectivity index (χ2v) is 3.29. The molecule has 0 aliphatic heterocycles. The zero-order chi connectivity index (χ0) is 10.3. The van der Waals surface area contributed by atoms with Crippen LogP contribution in [0.4, 0.5) is 0 Å². The molecule has 1 atom stereocenters. The van der Waals surface area contributed by atoms with Gasteiger partial charge in [0, 0.05) is 12.7 Å². The van der Waals surface area contributed by atoms with E-state index in [1.165, 1.54) is 18.7 Å². The zero-order valence-corrected chi connectivity index (χ0v) is 7.93. The van der Waals surface area contributed by atoms with E-state index in [2.05, 4.69) is 5.32 Å². The minimum absolute atomic E-state index is 0.211. The molecule has 0 saturated carbocycles. The zero-order valence-electron chi connectivity index (χ0n) is 7.11. The van der Waals surface area contributed by atoms with Gasteiger partial charge in [-0.1, -0.05) is 0 Å². The third-order valence-electron chi connectivity index (χ3n) is 1.13. The summed E-state index contributed by atoms with van der Waals surface area (Å²) in [6.45, 7) is 1.25. The van der Waals surface area contributed by atoms with Gasteiger partial charge in [-0.05, 0) is 0 Å². The highest BCUT2D eigenvalue weighted by molar-refractivity contribution is 7.99. The smallest absolute Gasteiger partial charge is 0.327 e. The fourth-order valence-electron chi connectivity index (χ4n) is 0.642. The summed E-state index contributed by atoms with van der Waals surface area (Å²) in [6, 6.07) is 0.966. The standard InChI is InChI=1S/C7H10N2O3S/c1-5(10)9-6(7(11)12)4-13-3-2-8/h6H,3-4H2,1H3,(H,9,10)(H,11,12)/t6-/m0/s1. The van der Waals surface area contributed by atoms with E-state index in [0.29, 0.717) is 0 Å². The van der Waals surface area contributed by atoms with Gasteiger partial charge in [0.05, 0.1) is 11.8 Å². The van der Waals surface area contributed by atoms with Crippen molar-refractivity contribution < 1.29 is 14.7 Å². The summed E-state index contributed by atoms with van der Waals surface area (Å²) in [5.41, 5.74) is 0. The molecule has 0 radical (unpaired) electrons. The molecule has 0 spiro atoms. The van der Waals surface area contributed by atoms with Crippen LogP contribution in [-0.4, -0.2) is 34.5 Å². The molecule has 72 valence electrons. The van der Waals surface area contributed by atoms with Crippen molar-refractivity contribution in [2.24, 2.45) is 0 Å². The van der Waals surface area contributed by atoms with E-state index in [-0.39, 0.29) is 17.4 Å². The first-order valence-electron chi connectivity index (χ1n) is 3.52. The Bertz CT molecular complexity index is 236. The van der Waals surface area contributed by atoms with Gasteiger partial charge in [-0.25, -0.2) is 4.79 Å². The number of hydrogen-bond donors (Lipinski definition) is 2. The maximum absolute atomic E-state index is 10.5. The molecule has 13 heavy (non-hydrogen) atoms. The van der Waals surface area contributed by atoms with Crippen molar-refractivity contribution in [1.29, 1.82) is 5.26 Å². The maximum Gasteiger partial charge on any atom is 0.327 e. The van der Waals surface area contributed by atoms with Gasteiger partial charge in [0.2, 0.25) is 5.91 Å². The Morgan fingerprint density at radius 2 is 2.31 bits per heavy atom. The van der Waals surface area contributed by atoms with Crippen molar-refractivity contribution in [1.82, 2.24) is 5.32 Å². The second-order valence-electron chi connectivity index (χ2n) is 2.26. The van der Waals surface area contributed by atoms with Gasteiger partial charge >= 0.3 is 5.97 Å². The lowest BCUT2D eigenvalue weighted by Crippen LogP contribution is -2.41. The van der Waals surface area contributed by atoms with Crippen LogP contribution in [0.25, 0.3) is 0 Å².